The zero-order valence-electron chi connectivity index (χ0n) is 13.8. The maximum absolute atomic E-state index is 8.76. The van der Waals surface area contributed by atoms with E-state index in [4.69, 9.17) is 10.8 Å². The highest BCUT2D eigenvalue weighted by molar-refractivity contribution is 5.53. The molecule has 1 saturated carbocycles. The monoisotopic (exact) mass is 301 g/mol. The lowest BCUT2D eigenvalue weighted by atomic mass is 9.85. The van der Waals surface area contributed by atoms with Crippen LogP contribution in [-0.2, 0) is 6.42 Å². The van der Waals surface area contributed by atoms with Gasteiger partial charge in [0.25, 0.3) is 0 Å². The molecule has 0 saturated heterocycles. The number of allylic oxidation sites excluding steroid dienone is 1. The number of aliphatic hydroxyl groups excluding tert-OH is 1. The van der Waals surface area contributed by atoms with Crippen LogP contribution in [0.4, 0.5) is 0 Å². The molecule has 0 aliphatic heterocycles. The van der Waals surface area contributed by atoms with Crippen molar-refractivity contribution in [2.45, 2.75) is 57.8 Å². The second-order valence-corrected chi connectivity index (χ2v) is 6.61. The third-order valence-electron chi connectivity index (χ3n) is 4.80. The fraction of sp³-hybridized carbons (Fsp3) is 0.600. The van der Waals surface area contributed by atoms with Gasteiger partial charge in [0.15, 0.2) is 0 Å². The first kappa shape index (κ1) is 17.2. The molecule has 122 valence electrons. The number of hydrogen-bond donors (Lipinski definition) is 2. The summed E-state index contributed by atoms with van der Waals surface area (Å²) in [5.41, 5.74) is 10.1. The van der Waals surface area contributed by atoms with E-state index in [1.54, 1.807) is 5.57 Å². The summed E-state index contributed by atoms with van der Waals surface area (Å²) in [4.78, 5) is 0. The molecule has 0 amide bonds. The van der Waals surface area contributed by atoms with Crippen molar-refractivity contribution in [2.24, 2.45) is 11.7 Å². The SMILES string of the molecule is NCC1CCC(=Cc2ccc(CCCCCCO)cc2)CC1. The van der Waals surface area contributed by atoms with Crippen molar-refractivity contribution in [3.8, 4) is 0 Å². The number of rotatable bonds is 8. The largest absolute Gasteiger partial charge is 0.396 e. The van der Waals surface area contributed by atoms with Crippen molar-refractivity contribution < 1.29 is 5.11 Å². The Labute approximate surface area is 135 Å². The summed E-state index contributed by atoms with van der Waals surface area (Å²) in [7, 11) is 0. The van der Waals surface area contributed by atoms with Crippen LogP contribution in [0.15, 0.2) is 29.8 Å². The standard InChI is InChI=1S/C20H31NO/c21-16-20-12-10-19(11-13-20)15-18-8-6-17(7-9-18)5-3-1-2-4-14-22/h6-9,15,20,22H,1-5,10-14,16,21H2. The molecule has 1 aliphatic carbocycles. The molecule has 1 aliphatic rings. The van der Waals surface area contributed by atoms with Crippen LogP contribution in [-0.4, -0.2) is 18.3 Å². The number of unbranched alkanes of at least 4 members (excludes halogenated alkanes) is 3. The van der Waals surface area contributed by atoms with E-state index in [-0.39, 0.29) is 0 Å². The lowest BCUT2D eigenvalue weighted by Crippen LogP contribution is -2.17. The molecule has 0 heterocycles. The second-order valence-electron chi connectivity index (χ2n) is 6.61. The third kappa shape index (κ3) is 5.94. The van der Waals surface area contributed by atoms with Gasteiger partial charge in [-0.05, 0) is 68.5 Å². The third-order valence-corrected chi connectivity index (χ3v) is 4.80. The lowest BCUT2D eigenvalue weighted by Gasteiger charge is -2.22. The van der Waals surface area contributed by atoms with Crippen LogP contribution in [0.3, 0.4) is 0 Å². The Morgan fingerprint density at radius 2 is 1.68 bits per heavy atom. The van der Waals surface area contributed by atoms with E-state index in [1.165, 1.54) is 49.7 Å². The Kier molecular flexibility index (Phi) is 7.68. The molecular weight excluding hydrogens is 270 g/mol. The van der Waals surface area contributed by atoms with Gasteiger partial charge in [0, 0.05) is 6.61 Å². The fourth-order valence-corrected chi connectivity index (χ4v) is 3.24. The molecular formula is C20H31NO. The van der Waals surface area contributed by atoms with Crippen LogP contribution in [0.1, 0.15) is 62.5 Å². The molecule has 3 N–H and O–H groups in total. The zero-order chi connectivity index (χ0) is 15.6. The summed E-state index contributed by atoms with van der Waals surface area (Å²) < 4.78 is 0. The van der Waals surface area contributed by atoms with Gasteiger partial charge >= 0.3 is 0 Å². The van der Waals surface area contributed by atoms with Gasteiger partial charge in [0.1, 0.15) is 0 Å². The number of nitrogens with two attached hydrogens (primary N) is 1. The predicted octanol–water partition coefficient (Wildman–Crippen LogP) is 4.31. The van der Waals surface area contributed by atoms with E-state index >= 15 is 0 Å². The van der Waals surface area contributed by atoms with Crippen molar-refractivity contribution in [3.63, 3.8) is 0 Å². The molecule has 0 aromatic heterocycles. The van der Waals surface area contributed by atoms with Crippen molar-refractivity contribution in [1.82, 2.24) is 0 Å². The van der Waals surface area contributed by atoms with Gasteiger partial charge in [-0.2, -0.15) is 0 Å². The van der Waals surface area contributed by atoms with Gasteiger partial charge in [0.2, 0.25) is 0 Å². The van der Waals surface area contributed by atoms with Crippen molar-refractivity contribution in [3.05, 3.63) is 41.0 Å². The number of aliphatic hydroxyl groups is 1. The number of benzene rings is 1. The summed E-state index contributed by atoms with van der Waals surface area (Å²) in [5, 5.41) is 8.76. The average molecular weight is 301 g/mol. The van der Waals surface area contributed by atoms with Crippen LogP contribution in [0.5, 0.6) is 0 Å². The van der Waals surface area contributed by atoms with Gasteiger partial charge in [-0.25, -0.2) is 0 Å². The Bertz CT molecular complexity index is 439. The van der Waals surface area contributed by atoms with Gasteiger partial charge in [-0.15, -0.1) is 0 Å². The van der Waals surface area contributed by atoms with E-state index in [9.17, 15) is 0 Å². The Hall–Kier alpha value is -1.12. The molecule has 2 heteroatoms. The molecule has 0 bridgehead atoms. The highest BCUT2D eigenvalue weighted by Gasteiger charge is 2.14. The Morgan fingerprint density at radius 1 is 1.00 bits per heavy atom. The molecule has 0 radical (unpaired) electrons. The van der Waals surface area contributed by atoms with Crippen molar-refractivity contribution in [2.75, 3.05) is 13.2 Å². The minimum Gasteiger partial charge on any atom is -0.396 e. The summed E-state index contributed by atoms with van der Waals surface area (Å²) >= 11 is 0. The Balaban J connectivity index is 1.77. The quantitative estimate of drug-likeness (QED) is 0.703. The molecule has 22 heavy (non-hydrogen) atoms. The summed E-state index contributed by atoms with van der Waals surface area (Å²) in [6, 6.07) is 9.05. The first-order valence-corrected chi connectivity index (χ1v) is 8.91. The van der Waals surface area contributed by atoms with E-state index in [1.807, 2.05) is 0 Å². The highest BCUT2D eigenvalue weighted by Crippen LogP contribution is 2.29. The molecule has 2 rings (SSSR count). The smallest absolute Gasteiger partial charge is 0.0431 e. The van der Waals surface area contributed by atoms with E-state index in [0.29, 0.717) is 6.61 Å². The molecule has 2 nitrogen and oxygen atoms in total. The minimum absolute atomic E-state index is 0.329. The fourth-order valence-electron chi connectivity index (χ4n) is 3.24. The average Bonchev–Trinajstić information content (AvgIpc) is 2.57. The lowest BCUT2D eigenvalue weighted by molar-refractivity contribution is 0.282. The predicted molar refractivity (Wildman–Crippen MR) is 94.7 cm³/mol. The topological polar surface area (TPSA) is 46.2 Å². The summed E-state index contributed by atoms with van der Waals surface area (Å²) in [6.07, 6.45) is 13.0. The second kappa shape index (κ2) is 9.81. The first-order chi connectivity index (χ1) is 10.8. The van der Waals surface area contributed by atoms with Gasteiger partial charge < -0.3 is 10.8 Å². The number of aryl methyl sites for hydroxylation is 1. The van der Waals surface area contributed by atoms with Crippen LogP contribution < -0.4 is 5.73 Å². The van der Waals surface area contributed by atoms with Crippen LogP contribution in [0.2, 0.25) is 0 Å². The van der Waals surface area contributed by atoms with Gasteiger partial charge in [0.05, 0.1) is 0 Å². The maximum Gasteiger partial charge on any atom is 0.0431 e. The maximum atomic E-state index is 8.76. The molecule has 1 aromatic carbocycles. The molecule has 0 spiro atoms. The van der Waals surface area contributed by atoms with Crippen LogP contribution >= 0.6 is 0 Å². The highest BCUT2D eigenvalue weighted by atomic mass is 16.2. The molecule has 0 unspecified atom stereocenters. The van der Waals surface area contributed by atoms with Crippen molar-refractivity contribution >= 4 is 6.08 Å². The number of hydrogen-bond acceptors (Lipinski definition) is 2. The molecule has 0 atom stereocenters. The summed E-state index contributed by atoms with van der Waals surface area (Å²) in [6.45, 7) is 1.18. The molecule has 1 fully saturated rings. The minimum atomic E-state index is 0.329. The van der Waals surface area contributed by atoms with Crippen LogP contribution in [0.25, 0.3) is 6.08 Å². The van der Waals surface area contributed by atoms with E-state index in [2.05, 4.69) is 30.3 Å². The van der Waals surface area contributed by atoms with Crippen LogP contribution in [0, 0.1) is 5.92 Å². The summed E-state index contributed by atoms with van der Waals surface area (Å²) in [5.74, 6) is 0.741. The first-order valence-electron chi connectivity index (χ1n) is 8.91. The van der Waals surface area contributed by atoms with E-state index in [0.717, 1.165) is 31.7 Å². The van der Waals surface area contributed by atoms with Gasteiger partial charge in [-0.1, -0.05) is 48.8 Å². The van der Waals surface area contributed by atoms with Crippen molar-refractivity contribution in [1.29, 1.82) is 0 Å². The van der Waals surface area contributed by atoms with Gasteiger partial charge in [-0.3, -0.25) is 0 Å². The Morgan fingerprint density at radius 3 is 2.32 bits per heavy atom. The molecule has 1 aromatic rings. The zero-order valence-corrected chi connectivity index (χ0v) is 13.8. The normalized spacial score (nSPS) is 18.5. The van der Waals surface area contributed by atoms with E-state index < -0.39 is 0 Å².